The average molecular weight is 243 g/mol. The van der Waals surface area contributed by atoms with Gasteiger partial charge in [-0.1, -0.05) is 12.1 Å². The smallest absolute Gasteiger partial charge is 0.201 e. The van der Waals surface area contributed by atoms with Crippen LogP contribution in [0.1, 0.15) is 11.5 Å². The van der Waals surface area contributed by atoms with E-state index in [-0.39, 0.29) is 6.61 Å². The predicted octanol–water partition coefficient (Wildman–Crippen LogP) is 1.75. The number of rotatable bonds is 3. The molecule has 0 fully saturated rings. The number of nitrogens with zero attached hydrogens (tertiary/aromatic N) is 2. The average Bonchev–Trinajstić information content (AvgIpc) is 2.96. The molecular weight excluding hydrogens is 230 g/mol. The standard InChI is InChI=1S/C13H13N3O2/c14-13-15-11-3-1-2-4-12(11)16(13)7-9-5-6-10(8-17)18-9/h1-6,17H,7-8H2,(H2,14,15). The van der Waals surface area contributed by atoms with Crippen LogP contribution < -0.4 is 5.73 Å². The molecule has 92 valence electrons. The molecule has 0 aliphatic rings. The van der Waals surface area contributed by atoms with Crippen LogP contribution in [-0.4, -0.2) is 14.7 Å². The Morgan fingerprint density at radius 3 is 2.72 bits per heavy atom. The molecule has 0 amide bonds. The second-order valence-corrected chi connectivity index (χ2v) is 4.07. The van der Waals surface area contributed by atoms with Crippen LogP contribution in [0.4, 0.5) is 5.95 Å². The zero-order valence-electron chi connectivity index (χ0n) is 9.71. The van der Waals surface area contributed by atoms with Crippen LogP contribution in [0.15, 0.2) is 40.8 Å². The molecule has 0 bridgehead atoms. The monoisotopic (exact) mass is 243 g/mol. The van der Waals surface area contributed by atoms with Crippen LogP contribution in [0.25, 0.3) is 11.0 Å². The van der Waals surface area contributed by atoms with E-state index in [9.17, 15) is 0 Å². The number of para-hydroxylation sites is 2. The molecule has 0 aliphatic heterocycles. The lowest BCUT2D eigenvalue weighted by Gasteiger charge is -2.03. The Labute approximate surface area is 103 Å². The van der Waals surface area contributed by atoms with E-state index in [0.717, 1.165) is 16.8 Å². The Morgan fingerprint density at radius 1 is 1.17 bits per heavy atom. The largest absolute Gasteiger partial charge is 0.462 e. The number of hydrogen-bond donors (Lipinski definition) is 2. The fourth-order valence-corrected chi connectivity index (χ4v) is 2.01. The van der Waals surface area contributed by atoms with Gasteiger partial charge in [0, 0.05) is 0 Å². The van der Waals surface area contributed by atoms with E-state index in [1.54, 1.807) is 6.07 Å². The Morgan fingerprint density at radius 2 is 1.94 bits per heavy atom. The van der Waals surface area contributed by atoms with Gasteiger partial charge in [-0.15, -0.1) is 0 Å². The van der Waals surface area contributed by atoms with Crippen molar-refractivity contribution in [1.82, 2.24) is 9.55 Å². The summed E-state index contributed by atoms with van der Waals surface area (Å²) in [5, 5.41) is 8.97. The third kappa shape index (κ3) is 1.74. The highest BCUT2D eigenvalue weighted by atomic mass is 16.4. The van der Waals surface area contributed by atoms with Crippen molar-refractivity contribution in [3.8, 4) is 0 Å². The Hall–Kier alpha value is -2.27. The molecule has 0 atom stereocenters. The molecule has 5 nitrogen and oxygen atoms in total. The van der Waals surface area contributed by atoms with Gasteiger partial charge in [0.25, 0.3) is 0 Å². The van der Waals surface area contributed by atoms with Crippen molar-refractivity contribution in [3.63, 3.8) is 0 Å². The minimum atomic E-state index is -0.0971. The Kier molecular flexibility index (Phi) is 2.53. The number of nitrogen functional groups attached to an aromatic ring is 1. The molecule has 0 unspecified atom stereocenters. The minimum absolute atomic E-state index is 0.0971. The zero-order chi connectivity index (χ0) is 12.5. The number of imidazole rings is 1. The number of benzene rings is 1. The third-order valence-corrected chi connectivity index (χ3v) is 2.87. The molecule has 0 spiro atoms. The molecule has 18 heavy (non-hydrogen) atoms. The van der Waals surface area contributed by atoms with E-state index in [2.05, 4.69) is 4.98 Å². The molecule has 0 saturated carbocycles. The van der Waals surface area contributed by atoms with Crippen molar-refractivity contribution in [2.45, 2.75) is 13.2 Å². The Bertz CT molecular complexity index is 684. The first-order chi connectivity index (χ1) is 8.78. The molecular formula is C13H13N3O2. The van der Waals surface area contributed by atoms with Crippen LogP contribution in [0.2, 0.25) is 0 Å². The molecule has 3 N–H and O–H groups in total. The number of aromatic nitrogens is 2. The highest BCUT2D eigenvalue weighted by molar-refractivity contribution is 5.78. The second kappa shape index (κ2) is 4.19. The van der Waals surface area contributed by atoms with Crippen molar-refractivity contribution in [1.29, 1.82) is 0 Å². The first kappa shape index (κ1) is 10.9. The molecule has 2 aromatic heterocycles. The molecule has 0 aliphatic carbocycles. The van der Waals surface area contributed by atoms with E-state index >= 15 is 0 Å². The summed E-state index contributed by atoms with van der Waals surface area (Å²) in [6, 6.07) is 11.3. The van der Waals surface area contributed by atoms with E-state index in [1.807, 2.05) is 34.9 Å². The van der Waals surface area contributed by atoms with Crippen LogP contribution in [0.5, 0.6) is 0 Å². The van der Waals surface area contributed by atoms with Gasteiger partial charge in [0.1, 0.15) is 18.1 Å². The van der Waals surface area contributed by atoms with E-state index in [4.69, 9.17) is 15.3 Å². The number of anilines is 1. The van der Waals surface area contributed by atoms with Gasteiger partial charge in [-0.05, 0) is 24.3 Å². The van der Waals surface area contributed by atoms with Crippen molar-refractivity contribution >= 4 is 17.0 Å². The molecule has 5 heteroatoms. The van der Waals surface area contributed by atoms with Gasteiger partial charge >= 0.3 is 0 Å². The maximum absolute atomic E-state index is 8.97. The van der Waals surface area contributed by atoms with Crippen LogP contribution in [0.3, 0.4) is 0 Å². The summed E-state index contributed by atoms with van der Waals surface area (Å²) in [5.74, 6) is 1.75. The van der Waals surface area contributed by atoms with E-state index < -0.39 is 0 Å². The minimum Gasteiger partial charge on any atom is -0.462 e. The SMILES string of the molecule is Nc1nc2ccccc2n1Cc1ccc(CO)o1. The van der Waals surface area contributed by atoms with Gasteiger partial charge in [-0.3, -0.25) is 0 Å². The summed E-state index contributed by atoms with van der Waals surface area (Å²) in [6.45, 7) is 0.409. The lowest BCUT2D eigenvalue weighted by Crippen LogP contribution is -2.03. The number of aliphatic hydroxyl groups excluding tert-OH is 1. The fourth-order valence-electron chi connectivity index (χ4n) is 2.01. The van der Waals surface area contributed by atoms with Gasteiger partial charge in [0.05, 0.1) is 17.6 Å². The molecule has 0 saturated heterocycles. The maximum Gasteiger partial charge on any atom is 0.201 e. The number of fused-ring (bicyclic) bond motifs is 1. The van der Waals surface area contributed by atoms with Crippen LogP contribution in [0, 0.1) is 0 Å². The van der Waals surface area contributed by atoms with Crippen molar-refractivity contribution < 1.29 is 9.52 Å². The molecule has 1 aromatic carbocycles. The molecule has 3 rings (SSSR count). The van der Waals surface area contributed by atoms with E-state index in [0.29, 0.717) is 18.3 Å². The first-order valence-electron chi connectivity index (χ1n) is 5.67. The fraction of sp³-hybridized carbons (Fsp3) is 0.154. The summed E-state index contributed by atoms with van der Waals surface area (Å²) in [7, 11) is 0. The second-order valence-electron chi connectivity index (χ2n) is 4.07. The Balaban J connectivity index is 2.01. The number of furan rings is 1. The normalized spacial score (nSPS) is 11.2. The summed E-state index contributed by atoms with van der Waals surface area (Å²) in [4.78, 5) is 4.29. The highest BCUT2D eigenvalue weighted by Gasteiger charge is 2.09. The van der Waals surface area contributed by atoms with Crippen molar-refractivity contribution in [2.75, 3.05) is 5.73 Å². The zero-order valence-corrected chi connectivity index (χ0v) is 9.71. The van der Waals surface area contributed by atoms with E-state index in [1.165, 1.54) is 0 Å². The molecule has 3 aromatic rings. The summed E-state index contributed by atoms with van der Waals surface area (Å²) < 4.78 is 7.34. The van der Waals surface area contributed by atoms with Gasteiger partial charge in [-0.25, -0.2) is 4.98 Å². The first-order valence-corrected chi connectivity index (χ1v) is 5.67. The quantitative estimate of drug-likeness (QED) is 0.734. The topological polar surface area (TPSA) is 77.2 Å². The predicted molar refractivity (Wildman–Crippen MR) is 67.9 cm³/mol. The van der Waals surface area contributed by atoms with Crippen molar-refractivity contribution in [2.24, 2.45) is 0 Å². The van der Waals surface area contributed by atoms with Crippen LogP contribution >= 0.6 is 0 Å². The third-order valence-electron chi connectivity index (χ3n) is 2.87. The van der Waals surface area contributed by atoms with Gasteiger partial charge in [0.2, 0.25) is 5.95 Å². The number of aliphatic hydroxyl groups is 1. The summed E-state index contributed by atoms with van der Waals surface area (Å²) in [6.07, 6.45) is 0. The number of hydrogen-bond acceptors (Lipinski definition) is 4. The van der Waals surface area contributed by atoms with Gasteiger partial charge in [0.15, 0.2) is 0 Å². The van der Waals surface area contributed by atoms with Gasteiger partial charge < -0.3 is 19.8 Å². The molecule has 0 radical (unpaired) electrons. The number of nitrogens with two attached hydrogens (primary N) is 1. The molecule has 2 heterocycles. The van der Waals surface area contributed by atoms with Crippen LogP contribution in [-0.2, 0) is 13.2 Å². The summed E-state index contributed by atoms with van der Waals surface area (Å²) >= 11 is 0. The van der Waals surface area contributed by atoms with Crippen molar-refractivity contribution in [3.05, 3.63) is 47.9 Å². The summed E-state index contributed by atoms with van der Waals surface area (Å²) in [5.41, 5.74) is 7.74. The lowest BCUT2D eigenvalue weighted by atomic mass is 10.3. The maximum atomic E-state index is 8.97. The highest BCUT2D eigenvalue weighted by Crippen LogP contribution is 2.19. The van der Waals surface area contributed by atoms with Gasteiger partial charge in [-0.2, -0.15) is 0 Å². The lowest BCUT2D eigenvalue weighted by molar-refractivity contribution is 0.243.